The number of hydrogen-bond donors (Lipinski definition) is 3. The summed E-state index contributed by atoms with van der Waals surface area (Å²) >= 11 is 0. The van der Waals surface area contributed by atoms with Gasteiger partial charge in [-0.1, -0.05) is 12.1 Å². The molecule has 1 unspecified atom stereocenters. The van der Waals surface area contributed by atoms with Gasteiger partial charge in [-0.2, -0.15) is 0 Å². The molecule has 5 heteroatoms. The number of carbonyl (C=O) groups is 1. The fourth-order valence-electron chi connectivity index (χ4n) is 2.32. The molecule has 1 heterocycles. The number of ether oxygens (including phenoxy) is 1. The summed E-state index contributed by atoms with van der Waals surface area (Å²) < 4.78 is 5.62. The first kappa shape index (κ1) is 13.8. The summed E-state index contributed by atoms with van der Waals surface area (Å²) in [7, 11) is 0. The zero-order valence-electron chi connectivity index (χ0n) is 11.1. The molecule has 0 aliphatic carbocycles. The van der Waals surface area contributed by atoms with E-state index in [0.29, 0.717) is 12.4 Å². The molecule has 104 valence electrons. The monoisotopic (exact) mass is 265 g/mol. The topological polar surface area (TPSA) is 78.8 Å². The number of aliphatic hydroxyl groups excluding tert-OH is 1. The second kappa shape index (κ2) is 5.59. The minimum atomic E-state index is -0.859. The van der Waals surface area contributed by atoms with Crippen molar-refractivity contribution in [1.82, 2.24) is 5.32 Å². The van der Waals surface area contributed by atoms with E-state index in [1.54, 1.807) is 6.92 Å². The molecule has 0 saturated heterocycles. The molecule has 2 rings (SSSR count). The van der Waals surface area contributed by atoms with Crippen molar-refractivity contribution >= 4 is 5.97 Å². The lowest BCUT2D eigenvalue weighted by molar-refractivity contribution is -0.137. The normalized spacial score (nSPS) is 23.3. The number of fused-ring (bicyclic) bond motifs is 1. The van der Waals surface area contributed by atoms with Gasteiger partial charge in [0.2, 0.25) is 0 Å². The van der Waals surface area contributed by atoms with Crippen LogP contribution in [0.1, 0.15) is 30.6 Å². The van der Waals surface area contributed by atoms with Gasteiger partial charge < -0.3 is 20.3 Å². The van der Waals surface area contributed by atoms with Crippen LogP contribution in [0.25, 0.3) is 0 Å². The van der Waals surface area contributed by atoms with Gasteiger partial charge in [-0.05, 0) is 25.5 Å². The minimum absolute atomic E-state index is 0.0178. The van der Waals surface area contributed by atoms with Crippen molar-refractivity contribution in [2.75, 3.05) is 6.61 Å². The number of aliphatic hydroxyl groups is 1. The highest BCUT2D eigenvalue weighted by molar-refractivity contribution is 5.67. The largest absolute Gasteiger partial charge is 0.491 e. The average molecular weight is 265 g/mol. The number of carboxylic acid groups (broad SMARTS) is 1. The molecule has 1 aliphatic rings. The maximum absolute atomic E-state index is 10.6. The molecule has 1 aromatic carbocycles. The Bertz CT molecular complexity index is 475. The van der Waals surface area contributed by atoms with Crippen LogP contribution in [0, 0.1) is 6.92 Å². The Kier molecular flexibility index (Phi) is 4.07. The maximum atomic E-state index is 10.6. The quantitative estimate of drug-likeness (QED) is 0.763. The Morgan fingerprint density at radius 2 is 2.32 bits per heavy atom. The summed E-state index contributed by atoms with van der Waals surface area (Å²) in [5.41, 5.74) is 1.83. The molecule has 0 radical (unpaired) electrons. The zero-order chi connectivity index (χ0) is 14.0. The predicted molar refractivity (Wildman–Crippen MR) is 70.3 cm³/mol. The molecule has 0 bridgehead atoms. The summed E-state index contributed by atoms with van der Waals surface area (Å²) in [5.74, 6) is -0.154. The smallest absolute Gasteiger partial charge is 0.304 e. The van der Waals surface area contributed by atoms with Gasteiger partial charge in [0, 0.05) is 11.6 Å². The second-order valence-corrected chi connectivity index (χ2v) is 5.07. The maximum Gasteiger partial charge on any atom is 0.304 e. The van der Waals surface area contributed by atoms with Crippen LogP contribution in [-0.4, -0.2) is 34.9 Å². The third-order valence-corrected chi connectivity index (χ3v) is 3.27. The Morgan fingerprint density at radius 1 is 1.58 bits per heavy atom. The summed E-state index contributed by atoms with van der Waals surface area (Å²) in [6, 6.07) is 5.17. The molecule has 5 nitrogen and oxygen atoms in total. The zero-order valence-corrected chi connectivity index (χ0v) is 11.1. The summed E-state index contributed by atoms with van der Waals surface area (Å²) in [6.45, 7) is 4.09. The second-order valence-electron chi connectivity index (χ2n) is 5.07. The SMILES string of the molecule is Cc1ccc2c(c1)OC[C@@H](NC(C)CC(=O)O)[C@H]2O. The lowest BCUT2D eigenvalue weighted by Gasteiger charge is -2.32. The van der Waals surface area contributed by atoms with Crippen molar-refractivity contribution in [3.05, 3.63) is 29.3 Å². The highest BCUT2D eigenvalue weighted by atomic mass is 16.5. The minimum Gasteiger partial charge on any atom is -0.491 e. The molecule has 0 fully saturated rings. The van der Waals surface area contributed by atoms with E-state index in [1.807, 2.05) is 25.1 Å². The van der Waals surface area contributed by atoms with Crippen LogP contribution in [0.5, 0.6) is 5.75 Å². The third kappa shape index (κ3) is 3.24. The van der Waals surface area contributed by atoms with Crippen LogP contribution < -0.4 is 10.1 Å². The van der Waals surface area contributed by atoms with Gasteiger partial charge in [0.1, 0.15) is 18.5 Å². The average Bonchev–Trinajstić information content (AvgIpc) is 2.31. The van der Waals surface area contributed by atoms with Crippen LogP contribution in [0.4, 0.5) is 0 Å². The highest BCUT2D eigenvalue weighted by Crippen LogP contribution is 2.32. The standard InChI is InChI=1S/C14H19NO4/c1-8-3-4-10-12(5-8)19-7-11(14(10)18)15-9(2)6-13(16)17/h3-5,9,11,14-15,18H,6-7H2,1-2H3,(H,16,17)/t9?,11-,14+/m1/s1. The number of carboxylic acids is 1. The molecule has 0 spiro atoms. The summed E-state index contributed by atoms with van der Waals surface area (Å²) in [5, 5.41) is 22.1. The van der Waals surface area contributed by atoms with Gasteiger partial charge in [-0.3, -0.25) is 4.79 Å². The van der Waals surface area contributed by atoms with Crippen molar-refractivity contribution < 1.29 is 19.7 Å². The number of benzene rings is 1. The first-order chi connectivity index (χ1) is 8.97. The Balaban J connectivity index is 2.06. The fraction of sp³-hybridized carbons (Fsp3) is 0.500. The molecule has 0 amide bonds. The first-order valence-corrected chi connectivity index (χ1v) is 6.36. The van der Waals surface area contributed by atoms with E-state index < -0.39 is 12.1 Å². The third-order valence-electron chi connectivity index (χ3n) is 3.27. The van der Waals surface area contributed by atoms with E-state index in [-0.39, 0.29) is 18.5 Å². The number of rotatable bonds is 4. The number of hydrogen-bond acceptors (Lipinski definition) is 4. The van der Waals surface area contributed by atoms with Crippen LogP contribution in [0.15, 0.2) is 18.2 Å². The fourth-order valence-corrected chi connectivity index (χ4v) is 2.32. The van der Waals surface area contributed by atoms with Gasteiger partial charge in [-0.25, -0.2) is 0 Å². The van der Waals surface area contributed by atoms with Crippen LogP contribution in [0.3, 0.4) is 0 Å². The van der Waals surface area contributed by atoms with Crippen LogP contribution in [-0.2, 0) is 4.79 Å². The molecule has 3 N–H and O–H groups in total. The predicted octanol–water partition coefficient (Wildman–Crippen LogP) is 1.24. The Morgan fingerprint density at radius 3 is 3.00 bits per heavy atom. The van der Waals surface area contributed by atoms with Gasteiger partial charge in [0.05, 0.1) is 12.5 Å². The van der Waals surface area contributed by atoms with Crippen LogP contribution >= 0.6 is 0 Å². The summed E-state index contributed by atoms with van der Waals surface area (Å²) in [6.07, 6.45) is -0.662. The molecule has 19 heavy (non-hydrogen) atoms. The molecular weight excluding hydrogens is 246 g/mol. The van der Waals surface area contributed by atoms with Crippen molar-refractivity contribution in [3.8, 4) is 5.75 Å². The van der Waals surface area contributed by atoms with E-state index in [2.05, 4.69) is 5.32 Å². The molecular formula is C14H19NO4. The van der Waals surface area contributed by atoms with Gasteiger partial charge in [-0.15, -0.1) is 0 Å². The molecule has 0 aromatic heterocycles. The van der Waals surface area contributed by atoms with Gasteiger partial charge >= 0.3 is 5.97 Å². The van der Waals surface area contributed by atoms with E-state index in [0.717, 1.165) is 11.1 Å². The van der Waals surface area contributed by atoms with Gasteiger partial charge in [0.25, 0.3) is 0 Å². The van der Waals surface area contributed by atoms with Gasteiger partial charge in [0.15, 0.2) is 0 Å². The van der Waals surface area contributed by atoms with E-state index in [1.165, 1.54) is 0 Å². The summed E-state index contributed by atoms with van der Waals surface area (Å²) in [4.78, 5) is 10.6. The number of aryl methyl sites for hydroxylation is 1. The highest BCUT2D eigenvalue weighted by Gasteiger charge is 2.30. The van der Waals surface area contributed by atoms with Crippen molar-refractivity contribution in [2.45, 2.75) is 38.5 Å². The Hall–Kier alpha value is -1.59. The van der Waals surface area contributed by atoms with Crippen molar-refractivity contribution in [3.63, 3.8) is 0 Å². The van der Waals surface area contributed by atoms with E-state index >= 15 is 0 Å². The Labute approximate surface area is 112 Å². The molecule has 3 atom stereocenters. The molecule has 1 aromatic rings. The first-order valence-electron chi connectivity index (χ1n) is 6.36. The van der Waals surface area contributed by atoms with E-state index in [9.17, 15) is 9.90 Å². The number of aliphatic carboxylic acids is 1. The van der Waals surface area contributed by atoms with Crippen LogP contribution in [0.2, 0.25) is 0 Å². The van der Waals surface area contributed by atoms with Crippen molar-refractivity contribution in [1.29, 1.82) is 0 Å². The van der Waals surface area contributed by atoms with Crippen molar-refractivity contribution in [2.24, 2.45) is 0 Å². The lowest BCUT2D eigenvalue weighted by Crippen LogP contribution is -2.47. The van der Waals surface area contributed by atoms with E-state index in [4.69, 9.17) is 9.84 Å². The molecule has 1 aliphatic heterocycles. The molecule has 0 saturated carbocycles. The number of nitrogens with one attached hydrogen (secondary N) is 1. The lowest BCUT2D eigenvalue weighted by atomic mass is 9.97.